The number of fused-ring (bicyclic) bond motifs is 3. The number of aromatic nitrogens is 2. The first-order valence-electron chi connectivity index (χ1n) is 7.28. The van der Waals surface area contributed by atoms with Gasteiger partial charge in [-0.15, -0.1) is 0 Å². The van der Waals surface area contributed by atoms with Gasteiger partial charge in [0.05, 0.1) is 0 Å². The molecule has 0 amide bonds. The third-order valence-corrected chi connectivity index (χ3v) is 3.43. The van der Waals surface area contributed by atoms with Crippen LogP contribution in [0.1, 0.15) is 27.4 Å². The van der Waals surface area contributed by atoms with Crippen molar-refractivity contribution < 1.29 is 9.59 Å². The monoisotopic (exact) mass is 380 g/mol. The molecule has 0 bridgehead atoms. The summed E-state index contributed by atoms with van der Waals surface area (Å²) in [6.45, 7) is 3.21. The Morgan fingerprint density at radius 2 is 1.50 bits per heavy atom. The van der Waals surface area contributed by atoms with Gasteiger partial charge in [0.25, 0.3) is 0 Å². The summed E-state index contributed by atoms with van der Waals surface area (Å²) in [6, 6.07) is 8.38. The number of nitrogens with zero attached hydrogens (tertiary/aromatic N) is 4. The van der Waals surface area contributed by atoms with Crippen LogP contribution in [-0.2, 0) is 4.79 Å². The number of hydrogen-bond donors (Lipinski definition) is 0. The average Bonchev–Trinajstić information content (AvgIpc) is 2.98. The van der Waals surface area contributed by atoms with Crippen molar-refractivity contribution in [3.8, 4) is 23.4 Å². The highest BCUT2D eigenvalue weighted by Gasteiger charge is 2.31. The lowest BCUT2D eigenvalue weighted by atomic mass is 10.1. The summed E-state index contributed by atoms with van der Waals surface area (Å²) in [5.74, 6) is 1.03. The Morgan fingerprint density at radius 3 is 2.11 bits per heavy atom. The molecule has 3 rings (SSSR count). The van der Waals surface area contributed by atoms with Gasteiger partial charge in [-0.3, -0.25) is 4.79 Å². The minimum absolute atomic E-state index is 0.0862. The van der Waals surface area contributed by atoms with Crippen LogP contribution in [0.3, 0.4) is 0 Å². The quantitative estimate of drug-likeness (QED) is 0.438. The Bertz CT molecular complexity index is 1320. The van der Waals surface area contributed by atoms with E-state index in [0.717, 1.165) is 0 Å². The molecule has 7 heteroatoms. The lowest BCUT2D eigenvalue weighted by Crippen LogP contribution is -2.04. The molecule has 0 radical (unpaired) electrons. The van der Waals surface area contributed by atoms with Crippen molar-refractivity contribution in [2.45, 2.75) is 0 Å². The maximum absolute atomic E-state index is 12.2. The van der Waals surface area contributed by atoms with Crippen LogP contribution in [0.2, 0.25) is 5.02 Å². The van der Waals surface area contributed by atoms with Gasteiger partial charge in [-0.2, -0.15) is 10.5 Å². The van der Waals surface area contributed by atoms with E-state index in [4.69, 9.17) is 22.1 Å². The van der Waals surface area contributed by atoms with E-state index in [-0.39, 0.29) is 22.9 Å². The van der Waals surface area contributed by atoms with Crippen LogP contribution in [0.25, 0.3) is 11.3 Å². The number of nitriles is 2. The van der Waals surface area contributed by atoms with Gasteiger partial charge in [0, 0.05) is 33.3 Å². The van der Waals surface area contributed by atoms with Crippen LogP contribution in [0.5, 0.6) is 0 Å². The molecule has 0 fully saturated rings. The molecule has 6 nitrogen and oxygen atoms in total. The van der Waals surface area contributed by atoms with Crippen LogP contribution >= 0.6 is 11.6 Å². The largest absolute Gasteiger partial charge is 0.287 e. The van der Waals surface area contributed by atoms with Crippen LogP contribution in [0.15, 0.2) is 59.2 Å². The molecule has 0 aliphatic heterocycles. The van der Waals surface area contributed by atoms with Gasteiger partial charge in [-0.25, -0.2) is 14.8 Å². The Labute approximate surface area is 164 Å². The number of halogens is 1. The third-order valence-electron chi connectivity index (χ3n) is 3.19. The van der Waals surface area contributed by atoms with Crippen LogP contribution in [-0.4, -0.2) is 21.7 Å². The molecule has 28 heavy (non-hydrogen) atoms. The Balaban J connectivity index is 0.000000266. The lowest BCUT2D eigenvalue weighted by molar-refractivity contribution is 0.103. The van der Waals surface area contributed by atoms with Gasteiger partial charge in [0.2, 0.25) is 5.78 Å². The number of hydrogen-bond acceptors (Lipinski definition) is 6. The molecule has 0 N–H and O–H groups in total. The third kappa shape index (κ3) is 4.12. The fourth-order valence-corrected chi connectivity index (χ4v) is 2.31. The zero-order valence-electron chi connectivity index (χ0n) is 13.9. The molecule has 1 heterocycles. The summed E-state index contributed by atoms with van der Waals surface area (Å²) in [4.78, 5) is 29.6. The fraction of sp³-hybridized carbons (Fsp3) is 0. The second kappa shape index (κ2) is 9.17. The maximum atomic E-state index is 12.2. The van der Waals surface area contributed by atoms with Gasteiger partial charge in [-0.1, -0.05) is 23.4 Å². The Hall–Kier alpha value is -4.63. The fourth-order valence-electron chi connectivity index (χ4n) is 2.14. The molecule has 1 aliphatic carbocycles. The number of ketones is 1. The number of carbonyl (C=O) groups is 1. The van der Waals surface area contributed by atoms with E-state index in [2.05, 4.69) is 45.2 Å². The van der Waals surface area contributed by atoms with Crippen molar-refractivity contribution in [2.75, 3.05) is 0 Å². The predicted octanol–water partition coefficient (Wildman–Crippen LogP) is 3.02. The highest BCUT2D eigenvalue weighted by atomic mass is 35.5. The van der Waals surface area contributed by atoms with Crippen LogP contribution < -0.4 is 0 Å². The van der Waals surface area contributed by atoms with Gasteiger partial charge in [0.1, 0.15) is 23.5 Å². The highest BCUT2D eigenvalue weighted by Crippen LogP contribution is 2.35. The van der Waals surface area contributed by atoms with Crippen molar-refractivity contribution in [2.24, 2.45) is 0 Å². The molecular formula is C21H5ClN4O2. The molecule has 0 unspecified atom stereocenters. The summed E-state index contributed by atoms with van der Waals surface area (Å²) in [6.07, 6.45) is 0. The van der Waals surface area contributed by atoms with Crippen molar-refractivity contribution in [3.05, 3.63) is 86.8 Å². The molecule has 0 atom stereocenters. The van der Waals surface area contributed by atoms with Crippen LogP contribution in [0, 0.1) is 22.7 Å². The van der Waals surface area contributed by atoms with E-state index in [1.54, 1.807) is 24.3 Å². The van der Waals surface area contributed by atoms with E-state index in [9.17, 15) is 9.59 Å². The average molecular weight is 381 g/mol. The van der Waals surface area contributed by atoms with E-state index >= 15 is 0 Å². The lowest BCUT2D eigenvalue weighted by Gasteiger charge is -1.99. The molecular weight excluding hydrogens is 376 g/mol. The van der Waals surface area contributed by atoms with Gasteiger partial charge >= 0.3 is 0 Å². The van der Waals surface area contributed by atoms with Gasteiger partial charge in [-0.05, 0) is 30.2 Å². The van der Waals surface area contributed by atoms with Gasteiger partial charge < -0.3 is 0 Å². The van der Waals surface area contributed by atoms with Crippen molar-refractivity contribution in [3.63, 3.8) is 0 Å². The first-order valence-corrected chi connectivity index (χ1v) is 7.66. The van der Waals surface area contributed by atoms with E-state index in [0.29, 0.717) is 21.8 Å². The maximum Gasteiger partial charge on any atom is 0.214 e. The minimum atomic E-state index is -0.332. The Kier molecular flexibility index (Phi) is 6.45. The zero-order chi connectivity index (χ0) is 20.5. The molecule has 0 spiro atoms. The Morgan fingerprint density at radius 1 is 0.893 bits per heavy atom. The van der Waals surface area contributed by atoms with Crippen LogP contribution in [0.4, 0.5) is 0 Å². The summed E-state index contributed by atoms with van der Waals surface area (Å²) >= 11 is 5.85. The number of rotatable bonds is 0. The first-order chi connectivity index (χ1) is 13.6. The topological polar surface area (TPSA) is 108 Å². The first kappa shape index (κ1) is 19.7. The standard InChI is InChI=1S/C13H3ClN4O.C8H2O/c14-6-1-2-7-8(3-6)13(19)12-11(7)17-9(4-15)10(5-16)18-12;1-2-3-4-5-6-7-8-9/h1-3H;1H2. The molecule has 0 saturated heterocycles. The molecule has 1 aliphatic rings. The van der Waals surface area contributed by atoms with Crippen molar-refractivity contribution >= 4 is 23.3 Å². The zero-order valence-corrected chi connectivity index (χ0v) is 14.7. The molecule has 1 aromatic carbocycles. The van der Waals surface area contributed by atoms with Crippen molar-refractivity contribution in [1.29, 1.82) is 10.5 Å². The second-order valence-electron chi connectivity index (χ2n) is 4.76. The normalized spacial score (nSPS) is 8.89. The second-order valence-corrected chi connectivity index (χ2v) is 5.20. The van der Waals surface area contributed by atoms with E-state index in [1.807, 2.05) is 5.73 Å². The summed E-state index contributed by atoms with van der Waals surface area (Å²) < 4.78 is 0. The number of benzene rings is 1. The SMILES string of the molecule is C=C=C=C=C=C=C=C=O.N#Cc1nc2c(nc1C#N)-c1ccc(Cl)cc1C2=O. The summed E-state index contributed by atoms with van der Waals surface area (Å²) in [5, 5.41) is 18.3. The molecule has 2 aromatic rings. The number of carbonyl (C=O) groups excluding carboxylic acids is 2. The molecule has 0 saturated carbocycles. The predicted molar refractivity (Wildman–Crippen MR) is 97.7 cm³/mol. The minimum Gasteiger partial charge on any atom is -0.287 e. The highest BCUT2D eigenvalue weighted by molar-refractivity contribution is 6.32. The van der Waals surface area contributed by atoms with E-state index < -0.39 is 0 Å². The summed E-state index contributed by atoms with van der Waals surface area (Å²) in [7, 11) is 0. The smallest absolute Gasteiger partial charge is 0.214 e. The summed E-state index contributed by atoms with van der Waals surface area (Å²) in [5.41, 5.74) is 14.7. The molecule has 128 valence electrons. The van der Waals surface area contributed by atoms with E-state index in [1.165, 1.54) is 12.0 Å². The molecule has 1 aromatic heterocycles. The van der Waals surface area contributed by atoms with Gasteiger partial charge in [0.15, 0.2) is 17.3 Å². The van der Waals surface area contributed by atoms with Crippen molar-refractivity contribution in [1.82, 2.24) is 9.97 Å².